The zero-order chi connectivity index (χ0) is 11.9. The first kappa shape index (κ1) is 13.1. The predicted octanol–water partition coefficient (Wildman–Crippen LogP) is 3.41. The van der Waals surface area contributed by atoms with Crippen LogP contribution in [0.5, 0.6) is 0 Å². The van der Waals surface area contributed by atoms with Crippen LogP contribution in [0.2, 0.25) is 0 Å². The lowest BCUT2D eigenvalue weighted by Crippen LogP contribution is -2.21. The maximum absolute atomic E-state index is 10.0. The summed E-state index contributed by atoms with van der Waals surface area (Å²) in [6.07, 6.45) is 13.3. The molecule has 0 fully saturated rings. The Balaban J connectivity index is 2.35. The molecule has 0 aliphatic heterocycles. The van der Waals surface area contributed by atoms with Gasteiger partial charge in [0, 0.05) is 12.0 Å². The Bertz CT molecular complexity index is 323. The van der Waals surface area contributed by atoms with Gasteiger partial charge in [-0.2, -0.15) is 0 Å². The number of unbranched alkanes of at least 4 members (excludes halogenated alkanes) is 3. The number of hydrogen-bond acceptors (Lipinski definition) is 1. The van der Waals surface area contributed by atoms with E-state index in [2.05, 4.69) is 18.8 Å². The zero-order valence-corrected chi connectivity index (χ0v) is 10.3. The Morgan fingerprint density at radius 1 is 1.31 bits per heavy atom. The molecule has 0 bridgehead atoms. The Morgan fingerprint density at radius 3 is 2.75 bits per heavy atom. The highest BCUT2D eigenvalue weighted by atomic mass is 16.3. The van der Waals surface area contributed by atoms with Crippen LogP contribution in [0.25, 0.3) is 0 Å². The molecular weight excluding hydrogens is 196 g/mol. The second kappa shape index (κ2) is 6.55. The maximum atomic E-state index is 10.0. The molecule has 16 heavy (non-hydrogen) atoms. The van der Waals surface area contributed by atoms with Gasteiger partial charge in [-0.3, -0.25) is 0 Å². The van der Waals surface area contributed by atoms with E-state index in [1.165, 1.54) is 19.3 Å². The lowest BCUT2D eigenvalue weighted by atomic mass is 9.98. The normalized spacial score (nSPS) is 17.6. The van der Waals surface area contributed by atoms with Gasteiger partial charge in [-0.05, 0) is 19.8 Å². The summed E-state index contributed by atoms with van der Waals surface area (Å²) in [4.78, 5) is 0. The Hall–Kier alpha value is -1.00. The van der Waals surface area contributed by atoms with Gasteiger partial charge in [0.2, 0.25) is 0 Å². The van der Waals surface area contributed by atoms with Crippen LogP contribution in [-0.4, -0.2) is 10.7 Å². The Morgan fingerprint density at radius 2 is 2.12 bits per heavy atom. The van der Waals surface area contributed by atoms with Gasteiger partial charge in [-0.25, -0.2) is 0 Å². The van der Waals surface area contributed by atoms with Crippen molar-refractivity contribution in [2.75, 3.05) is 0 Å². The van der Waals surface area contributed by atoms with Gasteiger partial charge in [0.05, 0.1) is 0 Å². The molecule has 1 unspecified atom stereocenters. The molecule has 1 radical (unpaired) electrons. The van der Waals surface area contributed by atoms with E-state index in [9.17, 15) is 5.11 Å². The van der Waals surface area contributed by atoms with Crippen molar-refractivity contribution in [3.8, 4) is 11.8 Å². The molecule has 0 saturated carbocycles. The van der Waals surface area contributed by atoms with Crippen LogP contribution in [-0.2, 0) is 0 Å². The van der Waals surface area contributed by atoms with E-state index < -0.39 is 5.60 Å². The summed E-state index contributed by atoms with van der Waals surface area (Å²) >= 11 is 0. The number of aliphatic hydroxyl groups is 1. The minimum Gasteiger partial charge on any atom is -0.378 e. The van der Waals surface area contributed by atoms with Crippen LogP contribution in [0.1, 0.15) is 46.0 Å². The average Bonchev–Trinajstić information content (AvgIpc) is 2.75. The van der Waals surface area contributed by atoms with Gasteiger partial charge in [0.25, 0.3) is 0 Å². The molecule has 1 atom stereocenters. The number of hydrogen-bond donors (Lipinski definition) is 1. The summed E-state index contributed by atoms with van der Waals surface area (Å²) in [5, 5.41) is 10.0. The van der Waals surface area contributed by atoms with Crippen molar-refractivity contribution >= 4 is 0 Å². The van der Waals surface area contributed by atoms with Crippen molar-refractivity contribution < 1.29 is 5.11 Å². The Labute approximate surface area is 99.3 Å². The summed E-state index contributed by atoms with van der Waals surface area (Å²) in [6.45, 7) is 3.99. The Kier molecular flexibility index (Phi) is 5.35. The van der Waals surface area contributed by atoms with Crippen LogP contribution in [0.3, 0.4) is 0 Å². The highest BCUT2D eigenvalue weighted by Gasteiger charge is 2.15. The third kappa shape index (κ3) is 5.19. The van der Waals surface area contributed by atoms with Crippen LogP contribution in [0, 0.1) is 18.3 Å². The topological polar surface area (TPSA) is 20.2 Å². The third-order valence-corrected chi connectivity index (χ3v) is 2.66. The third-order valence-electron chi connectivity index (χ3n) is 2.66. The highest BCUT2D eigenvalue weighted by Crippen LogP contribution is 2.15. The van der Waals surface area contributed by atoms with E-state index >= 15 is 0 Å². The molecule has 0 aromatic rings. The van der Waals surface area contributed by atoms with E-state index in [1.54, 1.807) is 6.92 Å². The predicted molar refractivity (Wildman–Crippen MR) is 68.7 cm³/mol. The van der Waals surface area contributed by atoms with E-state index in [-0.39, 0.29) is 0 Å². The molecule has 0 aromatic heterocycles. The number of rotatable bonds is 5. The second-order valence-corrected chi connectivity index (χ2v) is 4.51. The summed E-state index contributed by atoms with van der Waals surface area (Å²) in [7, 11) is 0. The lowest BCUT2D eigenvalue weighted by molar-refractivity contribution is 0.109. The fourth-order valence-corrected chi connectivity index (χ4v) is 1.62. The first-order valence-electron chi connectivity index (χ1n) is 6.11. The second-order valence-electron chi connectivity index (χ2n) is 4.51. The molecule has 1 rings (SSSR count). The molecule has 0 saturated heterocycles. The lowest BCUT2D eigenvalue weighted by Gasteiger charge is -2.15. The first-order chi connectivity index (χ1) is 7.64. The van der Waals surface area contributed by atoms with Gasteiger partial charge in [0.15, 0.2) is 0 Å². The van der Waals surface area contributed by atoms with Gasteiger partial charge in [-0.1, -0.05) is 56.3 Å². The monoisotopic (exact) mass is 217 g/mol. The molecule has 1 aliphatic carbocycles. The molecule has 0 heterocycles. The molecule has 0 aromatic carbocycles. The standard InChI is InChI=1S/C15H21O/c1-3-4-5-8-12-15(2,16)13-11-14-9-6-7-10-14/h6-7,9-10,16H,3-5,8,12H2,1-2H3. The van der Waals surface area contributed by atoms with E-state index in [4.69, 9.17) is 0 Å². The molecule has 1 nitrogen and oxygen atoms in total. The van der Waals surface area contributed by atoms with Gasteiger partial charge in [-0.15, -0.1) is 0 Å². The van der Waals surface area contributed by atoms with Crippen LogP contribution in [0.4, 0.5) is 0 Å². The SMILES string of the molecule is CCCCCCC(C)(O)C#CC1=C[CH]C=C1. The fourth-order valence-electron chi connectivity index (χ4n) is 1.62. The van der Waals surface area contributed by atoms with Gasteiger partial charge in [0.1, 0.15) is 5.60 Å². The van der Waals surface area contributed by atoms with Crippen LogP contribution in [0.15, 0.2) is 23.8 Å². The zero-order valence-electron chi connectivity index (χ0n) is 10.3. The fraction of sp³-hybridized carbons (Fsp3) is 0.533. The minimum absolute atomic E-state index is 0.765. The molecule has 1 aliphatic rings. The molecule has 1 heteroatoms. The minimum atomic E-state index is -0.842. The number of allylic oxidation sites excluding steroid dienone is 4. The van der Waals surface area contributed by atoms with Gasteiger partial charge >= 0.3 is 0 Å². The van der Waals surface area contributed by atoms with Crippen LogP contribution >= 0.6 is 0 Å². The summed E-state index contributed by atoms with van der Waals surface area (Å²) in [6, 6.07) is 0. The largest absolute Gasteiger partial charge is 0.378 e. The van der Waals surface area contributed by atoms with Crippen molar-refractivity contribution in [1.29, 1.82) is 0 Å². The summed E-state index contributed by atoms with van der Waals surface area (Å²) in [5.41, 5.74) is 0.138. The maximum Gasteiger partial charge on any atom is 0.123 e. The van der Waals surface area contributed by atoms with Crippen molar-refractivity contribution in [2.45, 2.75) is 51.6 Å². The van der Waals surface area contributed by atoms with E-state index in [0.29, 0.717) is 0 Å². The molecule has 0 spiro atoms. The first-order valence-corrected chi connectivity index (χ1v) is 6.11. The molecular formula is C15H21O. The highest BCUT2D eigenvalue weighted by molar-refractivity contribution is 5.47. The molecule has 87 valence electrons. The van der Waals surface area contributed by atoms with Crippen LogP contribution < -0.4 is 0 Å². The average molecular weight is 217 g/mol. The van der Waals surface area contributed by atoms with E-state index in [1.807, 2.05) is 24.6 Å². The molecule has 0 amide bonds. The summed E-state index contributed by atoms with van der Waals surface area (Å²) in [5.74, 6) is 5.95. The smallest absolute Gasteiger partial charge is 0.123 e. The van der Waals surface area contributed by atoms with Gasteiger partial charge < -0.3 is 5.11 Å². The molecule has 1 N–H and O–H groups in total. The van der Waals surface area contributed by atoms with Crippen molar-refractivity contribution in [3.63, 3.8) is 0 Å². The van der Waals surface area contributed by atoms with Crippen molar-refractivity contribution in [2.24, 2.45) is 0 Å². The quantitative estimate of drug-likeness (QED) is 0.552. The summed E-state index contributed by atoms with van der Waals surface area (Å²) < 4.78 is 0. The van der Waals surface area contributed by atoms with Crippen molar-refractivity contribution in [3.05, 3.63) is 30.2 Å². The van der Waals surface area contributed by atoms with E-state index in [0.717, 1.165) is 18.4 Å². The van der Waals surface area contributed by atoms with Crippen molar-refractivity contribution in [1.82, 2.24) is 0 Å².